The van der Waals surface area contributed by atoms with Crippen LogP contribution in [0.5, 0.6) is 5.75 Å². The normalized spacial score (nSPS) is 18.8. The van der Waals surface area contributed by atoms with Crippen molar-refractivity contribution in [2.45, 2.75) is 12.8 Å². The van der Waals surface area contributed by atoms with Gasteiger partial charge in [0.1, 0.15) is 12.4 Å². The molecule has 4 heteroatoms. The van der Waals surface area contributed by atoms with Gasteiger partial charge in [0, 0.05) is 19.1 Å². The summed E-state index contributed by atoms with van der Waals surface area (Å²) >= 11 is 0. The molecule has 1 unspecified atom stereocenters. The summed E-state index contributed by atoms with van der Waals surface area (Å²) in [6.45, 7) is 1.44. The molecule has 0 spiro atoms. The minimum Gasteiger partial charge on any atom is -0.486 e. The van der Waals surface area contributed by atoms with Crippen LogP contribution in [0, 0.1) is 5.92 Å². The minimum atomic E-state index is -0.00124. The molecule has 0 amide bonds. The number of hydrogen-bond acceptors (Lipinski definition) is 4. The Balaban J connectivity index is 1.80. The Labute approximate surface area is 107 Å². The maximum Gasteiger partial charge on any atom is 0.175 e. The SMILES string of the molecule is O=C(COc1ccc(CCO)cc1)C1CCOC1. The summed E-state index contributed by atoms with van der Waals surface area (Å²) in [4.78, 5) is 11.8. The lowest BCUT2D eigenvalue weighted by molar-refractivity contribution is -0.124. The van der Waals surface area contributed by atoms with Gasteiger partial charge in [-0.1, -0.05) is 12.1 Å². The third kappa shape index (κ3) is 3.55. The Morgan fingerprint density at radius 3 is 2.78 bits per heavy atom. The second-order valence-electron chi connectivity index (χ2n) is 4.43. The number of rotatable bonds is 6. The minimum absolute atomic E-state index is 0.00124. The van der Waals surface area contributed by atoms with Crippen molar-refractivity contribution < 1.29 is 19.4 Å². The van der Waals surface area contributed by atoms with Crippen molar-refractivity contribution in [2.75, 3.05) is 26.4 Å². The molecule has 1 aliphatic heterocycles. The summed E-state index contributed by atoms with van der Waals surface area (Å²) in [6, 6.07) is 7.44. The Morgan fingerprint density at radius 1 is 1.39 bits per heavy atom. The summed E-state index contributed by atoms with van der Waals surface area (Å²) in [6.07, 6.45) is 1.44. The van der Waals surface area contributed by atoms with E-state index in [2.05, 4.69) is 0 Å². The number of benzene rings is 1. The summed E-state index contributed by atoms with van der Waals surface area (Å²) in [7, 11) is 0. The van der Waals surface area contributed by atoms with Crippen molar-refractivity contribution in [1.29, 1.82) is 0 Å². The Morgan fingerprint density at radius 2 is 2.17 bits per heavy atom. The van der Waals surface area contributed by atoms with Crippen molar-refractivity contribution in [3.05, 3.63) is 29.8 Å². The fourth-order valence-corrected chi connectivity index (χ4v) is 1.94. The van der Waals surface area contributed by atoms with Crippen LogP contribution >= 0.6 is 0 Å². The summed E-state index contributed by atoms with van der Waals surface area (Å²) in [5.41, 5.74) is 1.06. The van der Waals surface area contributed by atoms with E-state index < -0.39 is 0 Å². The van der Waals surface area contributed by atoms with Crippen LogP contribution in [-0.2, 0) is 16.0 Å². The highest BCUT2D eigenvalue weighted by Gasteiger charge is 2.23. The molecule has 1 heterocycles. The number of carbonyl (C=O) groups excluding carboxylic acids is 1. The number of ether oxygens (including phenoxy) is 2. The third-order valence-corrected chi connectivity index (χ3v) is 3.09. The molecule has 1 atom stereocenters. The molecule has 0 aromatic heterocycles. The molecule has 0 aliphatic carbocycles. The van der Waals surface area contributed by atoms with Crippen molar-refractivity contribution in [3.63, 3.8) is 0 Å². The van der Waals surface area contributed by atoms with Gasteiger partial charge in [-0.3, -0.25) is 4.79 Å². The molecule has 1 aliphatic rings. The van der Waals surface area contributed by atoms with Gasteiger partial charge < -0.3 is 14.6 Å². The van der Waals surface area contributed by atoms with E-state index in [-0.39, 0.29) is 24.9 Å². The molecule has 18 heavy (non-hydrogen) atoms. The van der Waals surface area contributed by atoms with Crippen molar-refractivity contribution in [1.82, 2.24) is 0 Å². The molecule has 0 saturated carbocycles. The second kappa shape index (κ2) is 6.52. The molecule has 1 saturated heterocycles. The van der Waals surface area contributed by atoms with Crippen LogP contribution in [0.3, 0.4) is 0 Å². The van der Waals surface area contributed by atoms with E-state index in [1.807, 2.05) is 24.3 Å². The molecule has 4 nitrogen and oxygen atoms in total. The Bertz CT molecular complexity index is 379. The van der Waals surface area contributed by atoms with Crippen LogP contribution in [0.2, 0.25) is 0 Å². The number of ketones is 1. The van der Waals surface area contributed by atoms with Gasteiger partial charge in [-0.05, 0) is 30.5 Å². The molecule has 0 bridgehead atoms. The van der Waals surface area contributed by atoms with Crippen molar-refractivity contribution in [2.24, 2.45) is 5.92 Å². The Kier molecular flexibility index (Phi) is 4.73. The van der Waals surface area contributed by atoms with Gasteiger partial charge in [-0.25, -0.2) is 0 Å². The number of hydrogen-bond donors (Lipinski definition) is 1. The monoisotopic (exact) mass is 250 g/mol. The third-order valence-electron chi connectivity index (χ3n) is 3.09. The van der Waals surface area contributed by atoms with Crippen molar-refractivity contribution >= 4 is 5.78 Å². The van der Waals surface area contributed by atoms with E-state index in [1.165, 1.54) is 0 Å². The molecule has 1 aromatic rings. The molecule has 1 aromatic carbocycles. The van der Waals surface area contributed by atoms with Gasteiger partial charge in [0.2, 0.25) is 0 Å². The quantitative estimate of drug-likeness (QED) is 0.824. The zero-order chi connectivity index (χ0) is 12.8. The number of aliphatic hydroxyl groups excluding tert-OH is 1. The fraction of sp³-hybridized carbons (Fsp3) is 0.500. The van der Waals surface area contributed by atoms with Gasteiger partial charge in [0.05, 0.1) is 6.61 Å². The molecular formula is C14H18O4. The van der Waals surface area contributed by atoms with E-state index >= 15 is 0 Å². The smallest absolute Gasteiger partial charge is 0.175 e. The van der Waals surface area contributed by atoms with Crippen LogP contribution in [0.15, 0.2) is 24.3 Å². The van der Waals surface area contributed by atoms with Crippen LogP contribution in [-0.4, -0.2) is 37.3 Å². The first-order chi connectivity index (χ1) is 8.79. The summed E-state index contributed by atoms with van der Waals surface area (Å²) < 4.78 is 10.6. The molecule has 2 rings (SSSR count). The maximum absolute atomic E-state index is 11.8. The Hall–Kier alpha value is -1.39. The highest BCUT2D eigenvalue weighted by Crippen LogP contribution is 2.16. The summed E-state index contributed by atoms with van der Waals surface area (Å²) in [5, 5.41) is 8.80. The zero-order valence-electron chi connectivity index (χ0n) is 10.3. The lowest BCUT2D eigenvalue weighted by atomic mass is 10.0. The van der Waals surface area contributed by atoms with Crippen LogP contribution in [0.4, 0.5) is 0 Å². The second-order valence-corrected chi connectivity index (χ2v) is 4.43. The highest BCUT2D eigenvalue weighted by molar-refractivity contribution is 5.82. The van der Waals surface area contributed by atoms with E-state index in [1.54, 1.807) is 0 Å². The maximum atomic E-state index is 11.8. The van der Waals surface area contributed by atoms with Gasteiger partial charge in [-0.15, -0.1) is 0 Å². The topological polar surface area (TPSA) is 55.8 Å². The van der Waals surface area contributed by atoms with E-state index in [0.29, 0.717) is 25.4 Å². The van der Waals surface area contributed by atoms with E-state index in [9.17, 15) is 4.79 Å². The standard InChI is InChI=1S/C14H18O4/c15-7-5-11-1-3-13(4-2-11)18-10-14(16)12-6-8-17-9-12/h1-4,12,15H,5-10H2. The fourth-order valence-electron chi connectivity index (χ4n) is 1.94. The van der Waals surface area contributed by atoms with Crippen LogP contribution in [0.25, 0.3) is 0 Å². The van der Waals surface area contributed by atoms with Gasteiger partial charge >= 0.3 is 0 Å². The number of aliphatic hydroxyl groups is 1. The lowest BCUT2D eigenvalue weighted by Crippen LogP contribution is -2.21. The van der Waals surface area contributed by atoms with Crippen LogP contribution in [0.1, 0.15) is 12.0 Å². The van der Waals surface area contributed by atoms with Gasteiger partial charge in [-0.2, -0.15) is 0 Å². The number of carbonyl (C=O) groups is 1. The predicted octanol–water partition coefficient (Wildman–Crippen LogP) is 1.21. The molecule has 1 N–H and O–H groups in total. The molecule has 98 valence electrons. The van der Waals surface area contributed by atoms with Gasteiger partial charge in [0.25, 0.3) is 0 Å². The summed E-state index contributed by atoms with van der Waals surface area (Å²) in [5.74, 6) is 0.787. The average molecular weight is 250 g/mol. The zero-order valence-corrected chi connectivity index (χ0v) is 10.3. The van der Waals surface area contributed by atoms with E-state index in [0.717, 1.165) is 12.0 Å². The van der Waals surface area contributed by atoms with E-state index in [4.69, 9.17) is 14.6 Å². The van der Waals surface area contributed by atoms with Crippen molar-refractivity contribution in [3.8, 4) is 5.75 Å². The van der Waals surface area contributed by atoms with Gasteiger partial charge in [0.15, 0.2) is 5.78 Å². The molecule has 1 fully saturated rings. The number of Topliss-reactive ketones (excluding diaryl/α,β-unsaturated/α-hetero) is 1. The largest absolute Gasteiger partial charge is 0.486 e. The van der Waals surface area contributed by atoms with Crippen LogP contribution < -0.4 is 4.74 Å². The molecule has 0 radical (unpaired) electrons. The highest BCUT2D eigenvalue weighted by atomic mass is 16.5. The first-order valence-corrected chi connectivity index (χ1v) is 6.22. The first-order valence-electron chi connectivity index (χ1n) is 6.22. The predicted molar refractivity (Wildman–Crippen MR) is 66.7 cm³/mol. The first kappa shape index (κ1) is 13.1. The average Bonchev–Trinajstić information content (AvgIpc) is 2.92. The molecular weight excluding hydrogens is 232 g/mol. The lowest BCUT2D eigenvalue weighted by Gasteiger charge is -2.09.